The second-order valence-corrected chi connectivity index (χ2v) is 6.13. The van der Waals surface area contributed by atoms with Gasteiger partial charge in [0.05, 0.1) is 6.61 Å². The van der Waals surface area contributed by atoms with E-state index < -0.39 is 0 Å². The van der Waals surface area contributed by atoms with Crippen LogP contribution in [-0.4, -0.2) is 56.7 Å². The van der Waals surface area contributed by atoms with E-state index in [0.717, 1.165) is 0 Å². The van der Waals surface area contributed by atoms with Crippen molar-refractivity contribution in [2.24, 2.45) is 5.73 Å². The molecule has 4 nitrogen and oxygen atoms in total. The van der Waals surface area contributed by atoms with Crippen LogP contribution in [0.5, 0.6) is 0 Å². The summed E-state index contributed by atoms with van der Waals surface area (Å²) in [6.07, 6.45) is 2.45. The number of hydrogen-bond donors (Lipinski definition) is 1. The van der Waals surface area contributed by atoms with Gasteiger partial charge in [-0.15, -0.1) is 0 Å². The van der Waals surface area contributed by atoms with Gasteiger partial charge in [-0.25, -0.2) is 0 Å². The van der Waals surface area contributed by atoms with E-state index in [2.05, 4.69) is 48.2 Å². The molecule has 1 aliphatic rings. The van der Waals surface area contributed by atoms with E-state index in [4.69, 9.17) is 10.5 Å². The van der Waals surface area contributed by atoms with Crippen LogP contribution in [0.25, 0.3) is 0 Å². The minimum atomic E-state index is 0.301. The van der Waals surface area contributed by atoms with Crippen molar-refractivity contribution in [1.29, 1.82) is 0 Å². The lowest BCUT2D eigenvalue weighted by atomic mass is 9.98. The zero-order valence-electron chi connectivity index (χ0n) is 13.6. The highest BCUT2D eigenvalue weighted by Gasteiger charge is 2.26. The van der Waals surface area contributed by atoms with E-state index in [-0.39, 0.29) is 0 Å². The van der Waals surface area contributed by atoms with E-state index in [0.29, 0.717) is 25.2 Å². The standard InChI is InChI=1S/C17H29N3O/c1-19-10-8-16(9-11-19)20(2)17(12-18)15-6-4-14(5-7-15)13-21-3/h4-7,16-17H,8-13,18H2,1-3H3. The molecule has 118 valence electrons. The van der Waals surface area contributed by atoms with Gasteiger partial charge in [-0.05, 0) is 51.2 Å². The molecule has 1 fully saturated rings. The molecule has 1 heterocycles. The minimum Gasteiger partial charge on any atom is -0.380 e. The summed E-state index contributed by atoms with van der Waals surface area (Å²) in [4.78, 5) is 4.87. The number of likely N-dealkylation sites (tertiary alicyclic amines) is 1. The maximum absolute atomic E-state index is 6.06. The Hall–Kier alpha value is -0.940. The zero-order valence-corrected chi connectivity index (χ0v) is 13.6. The first kappa shape index (κ1) is 16.4. The molecule has 0 bridgehead atoms. The Kier molecular flexibility index (Phi) is 6.18. The average molecular weight is 291 g/mol. The van der Waals surface area contributed by atoms with Gasteiger partial charge in [-0.1, -0.05) is 24.3 Å². The van der Waals surface area contributed by atoms with Gasteiger partial charge in [-0.3, -0.25) is 4.90 Å². The van der Waals surface area contributed by atoms with Crippen LogP contribution in [0.2, 0.25) is 0 Å². The third-order valence-electron chi connectivity index (χ3n) is 4.65. The second kappa shape index (κ2) is 7.90. The summed E-state index contributed by atoms with van der Waals surface area (Å²) in [6, 6.07) is 9.60. The summed E-state index contributed by atoms with van der Waals surface area (Å²) in [5, 5.41) is 0. The molecule has 0 aliphatic carbocycles. The molecule has 0 aromatic heterocycles. The molecule has 0 spiro atoms. The summed E-state index contributed by atoms with van der Waals surface area (Å²) < 4.78 is 5.17. The van der Waals surface area contributed by atoms with Crippen LogP contribution >= 0.6 is 0 Å². The Bertz CT molecular complexity index is 413. The van der Waals surface area contributed by atoms with Crippen molar-refractivity contribution in [3.63, 3.8) is 0 Å². The molecule has 1 aromatic carbocycles. The van der Waals surface area contributed by atoms with Crippen molar-refractivity contribution in [2.75, 3.05) is 40.8 Å². The molecule has 0 radical (unpaired) electrons. The summed E-state index contributed by atoms with van der Waals surface area (Å²) in [5.41, 5.74) is 8.57. The van der Waals surface area contributed by atoms with Crippen molar-refractivity contribution in [1.82, 2.24) is 9.80 Å². The topological polar surface area (TPSA) is 41.7 Å². The maximum Gasteiger partial charge on any atom is 0.0713 e. The molecular weight excluding hydrogens is 262 g/mol. The monoisotopic (exact) mass is 291 g/mol. The van der Waals surface area contributed by atoms with Crippen LogP contribution in [0.1, 0.15) is 30.0 Å². The SMILES string of the molecule is COCc1ccc(C(CN)N(C)C2CCN(C)CC2)cc1. The largest absolute Gasteiger partial charge is 0.380 e. The number of nitrogens with two attached hydrogens (primary N) is 1. The van der Waals surface area contributed by atoms with E-state index in [1.54, 1.807) is 7.11 Å². The van der Waals surface area contributed by atoms with Gasteiger partial charge in [-0.2, -0.15) is 0 Å². The molecule has 0 saturated carbocycles. The van der Waals surface area contributed by atoms with E-state index in [1.165, 1.54) is 37.1 Å². The molecule has 1 unspecified atom stereocenters. The molecule has 0 amide bonds. The highest BCUT2D eigenvalue weighted by molar-refractivity contribution is 5.25. The van der Waals surface area contributed by atoms with Gasteiger partial charge in [0.25, 0.3) is 0 Å². The first-order chi connectivity index (χ1) is 10.2. The number of likely N-dealkylation sites (N-methyl/N-ethyl adjacent to an activating group) is 1. The van der Waals surface area contributed by atoms with Gasteiger partial charge in [0.15, 0.2) is 0 Å². The molecule has 1 saturated heterocycles. The number of methoxy groups -OCH3 is 1. The average Bonchev–Trinajstić information content (AvgIpc) is 2.50. The van der Waals surface area contributed by atoms with Gasteiger partial charge >= 0.3 is 0 Å². The van der Waals surface area contributed by atoms with Crippen LogP contribution in [0.15, 0.2) is 24.3 Å². The van der Waals surface area contributed by atoms with Crippen LogP contribution in [0.4, 0.5) is 0 Å². The molecule has 2 N–H and O–H groups in total. The van der Waals surface area contributed by atoms with E-state index in [1.807, 2.05) is 0 Å². The fourth-order valence-corrected chi connectivity index (χ4v) is 3.20. The van der Waals surface area contributed by atoms with Crippen molar-refractivity contribution < 1.29 is 4.74 Å². The molecule has 1 atom stereocenters. The fraction of sp³-hybridized carbons (Fsp3) is 0.647. The second-order valence-electron chi connectivity index (χ2n) is 6.13. The van der Waals surface area contributed by atoms with Gasteiger partial charge < -0.3 is 15.4 Å². The molecule has 1 aliphatic heterocycles. The number of hydrogen-bond acceptors (Lipinski definition) is 4. The Morgan fingerprint density at radius 3 is 2.43 bits per heavy atom. The number of benzene rings is 1. The Morgan fingerprint density at radius 2 is 1.90 bits per heavy atom. The van der Waals surface area contributed by atoms with Crippen LogP contribution in [-0.2, 0) is 11.3 Å². The van der Waals surface area contributed by atoms with Gasteiger partial charge in [0.1, 0.15) is 0 Å². The highest BCUT2D eigenvalue weighted by atomic mass is 16.5. The molecule has 2 rings (SSSR count). The van der Waals surface area contributed by atoms with Gasteiger partial charge in [0, 0.05) is 25.7 Å². The highest BCUT2D eigenvalue weighted by Crippen LogP contribution is 2.25. The number of rotatable bonds is 6. The Morgan fingerprint density at radius 1 is 1.29 bits per heavy atom. The van der Waals surface area contributed by atoms with Crippen molar-refractivity contribution in [2.45, 2.75) is 31.5 Å². The quantitative estimate of drug-likeness (QED) is 0.868. The molecule has 4 heteroatoms. The van der Waals surface area contributed by atoms with Crippen molar-refractivity contribution >= 4 is 0 Å². The lowest BCUT2D eigenvalue weighted by molar-refractivity contribution is 0.109. The summed E-state index contributed by atoms with van der Waals surface area (Å²) >= 11 is 0. The van der Waals surface area contributed by atoms with Crippen LogP contribution in [0, 0.1) is 0 Å². The van der Waals surface area contributed by atoms with Crippen molar-refractivity contribution in [3.8, 4) is 0 Å². The summed E-state index contributed by atoms with van der Waals surface area (Å²) in [7, 11) is 6.15. The number of piperidine rings is 1. The first-order valence-corrected chi connectivity index (χ1v) is 7.84. The van der Waals surface area contributed by atoms with E-state index >= 15 is 0 Å². The zero-order chi connectivity index (χ0) is 15.2. The predicted molar refractivity (Wildman–Crippen MR) is 87.2 cm³/mol. The lowest BCUT2D eigenvalue weighted by Crippen LogP contribution is -2.45. The van der Waals surface area contributed by atoms with Crippen LogP contribution < -0.4 is 5.73 Å². The maximum atomic E-state index is 6.06. The fourth-order valence-electron chi connectivity index (χ4n) is 3.20. The Balaban J connectivity index is 2.03. The summed E-state index contributed by atoms with van der Waals surface area (Å²) in [6.45, 7) is 3.68. The molecule has 21 heavy (non-hydrogen) atoms. The lowest BCUT2D eigenvalue weighted by Gasteiger charge is -2.39. The Labute approximate surface area is 128 Å². The third kappa shape index (κ3) is 4.27. The normalized spacial score (nSPS) is 19.1. The third-order valence-corrected chi connectivity index (χ3v) is 4.65. The van der Waals surface area contributed by atoms with E-state index in [9.17, 15) is 0 Å². The summed E-state index contributed by atoms with van der Waals surface area (Å²) in [5.74, 6) is 0. The van der Waals surface area contributed by atoms with Crippen LogP contribution in [0.3, 0.4) is 0 Å². The number of nitrogens with zero attached hydrogens (tertiary/aromatic N) is 2. The molecule has 1 aromatic rings. The number of ether oxygens (including phenoxy) is 1. The first-order valence-electron chi connectivity index (χ1n) is 7.84. The predicted octanol–water partition coefficient (Wildman–Crippen LogP) is 1.86. The van der Waals surface area contributed by atoms with Gasteiger partial charge in [0.2, 0.25) is 0 Å². The van der Waals surface area contributed by atoms with Crippen molar-refractivity contribution in [3.05, 3.63) is 35.4 Å². The molecular formula is C17H29N3O. The smallest absolute Gasteiger partial charge is 0.0713 e. The minimum absolute atomic E-state index is 0.301.